The van der Waals surface area contributed by atoms with Crippen LogP contribution in [0.3, 0.4) is 0 Å². The van der Waals surface area contributed by atoms with Gasteiger partial charge in [-0.05, 0) is 18.7 Å². The molecule has 0 spiro atoms. The van der Waals surface area contributed by atoms with Crippen molar-refractivity contribution in [3.05, 3.63) is 33.9 Å². The molecule has 0 saturated carbocycles. The lowest BCUT2D eigenvalue weighted by atomic mass is 10.2. The van der Waals surface area contributed by atoms with Gasteiger partial charge in [0, 0.05) is 12.6 Å². The third kappa shape index (κ3) is 2.43. The maximum atomic E-state index is 10.6. The van der Waals surface area contributed by atoms with E-state index in [2.05, 4.69) is 5.32 Å². The van der Waals surface area contributed by atoms with Crippen molar-refractivity contribution >= 4 is 5.69 Å². The minimum atomic E-state index is -0.429. The summed E-state index contributed by atoms with van der Waals surface area (Å²) >= 11 is 0. The van der Waals surface area contributed by atoms with Crippen molar-refractivity contribution in [2.75, 3.05) is 14.2 Å². The molecule has 5 heteroatoms. The van der Waals surface area contributed by atoms with Crippen LogP contribution in [0.4, 0.5) is 5.69 Å². The van der Waals surface area contributed by atoms with Gasteiger partial charge in [-0.3, -0.25) is 10.1 Å². The first kappa shape index (κ1) is 10.5. The van der Waals surface area contributed by atoms with E-state index in [1.54, 1.807) is 13.1 Å². The first-order valence-electron chi connectivity index (χ1n) is 4.14. The highest BCUT2D eigenvalue weighted by atomic mass is 16.6. The largest absolute Gasteiger partial charge is 0.496 e. The highest BCUT2D eigenvalue weighted by Gasteiger charge is 2.09. The van der Waals surface area contributed by atoms with Gasteiger partial charge in [-0.25, -0.2) is 0 Å². The zero-order valence-corrected chi connectivity index (χ0v) is 8.11. The van der Waals surface area contributed by atoms with E-state index in [4.69, 9.17) is 4.74 Å². The van der Waals surface area contributed by atoms with Crippen molar-refractivity contribution in [2.24, 2.45) is 0 Å². The fourth-order valence-corrected chi connectivity index (χ4v) is 1.17. The summed E-state index contributed by atoms with van der Waals surface area (Å²) in [5.41, 5.74) is 0.883. The van der Waals surface area contributed by atoms with Crippen LogP contribution >= 0.6 is 0 Å². The maximum absolute atomic E-state index is 10.6. The van der Waals surface area contributed by atoms with E-state index in [0.29, 0.717) is 12.3 Å². The number of hydrogen-bond donors (Lipinski definition) is 1. The van der Waals surface area contributed by atoms with E-state index < -0.39 is 4.92 Å². The minimum absolute atomic E-state index is 0.0506. The molecule has 76 valence electrons. The molecule has 0 saturated heterocycles. The second-order valence-corrected chi connectivity index (χ2v) is 2.83. The number of non-ortho nitro benzene ring substituents is 1. The Labute approximate surface area is 81.8 Å². The van der Waals surface area contributed by atoms with Gasteiger partial charge in [0.25, 0.3) is 5.69 Å². The summed E-state index contributed by atoms with van der Waals surface area (Å²) in [5, 5.41) is 13.5. The molecule has 0 amide bonds. The Morgan fingerprint density at radius 3 is 2.71 bits per heavy atom. The van der Waals surface area contributed by atoms with Crippen LogP contribution in [0.2, 0.25) is 0 Å². The summed E-state index contributed by atoms with van der Waals surface area (Å²) in [7, 11) is 3.27. The first-order chi connectivity index (χ1) is 6.67. The van der Waals surface area contributed by atoms with Crippen molar-refractivity contribution < 1.29 is 9.66 Å². The van der Waals surface area contributed by atoms with Crippen molar-refractivity contribution in [3.8, 4) is 5.75 Å². The Kier molecular flexibility index (Phi) is 3.41. The molecule has 1 aromatic carbocycles. The summed E-state index contributed by atoms with van der Waals surface area (Å²) in [6.07, 6.45) is 0. The molecule has 14 heavy (non-hydrogen) atoms. The quantitative estimate of drug-likeness (QED) is 0.582. The molecule has 0 unspecified atom stereocenters. The zero-order chi connectivity index (χ0) is 10.6. The monoisotopic (exact) mass is 196 g/mol. The summed E-state index contributed by atoms with van der Waals surface area (Å²) in [4.78, 5) is 10.1. The number of nitrogens with one attached hydrogen (secondary N) is 1. The molecule has 0 aliphatic carbocycles. The summed E-state index contributed by atoms with van der Waals surface area (Å²) < 4.78 is 4.96. The topological polar surface area (TPSA) is 64.4 Å². The van der Waals surface area contributed by atoms with Crippen LogP contribution in [0.1, 0.15) is 5.56 Å². The Morgan fingerprint density at radius 2 is 2.21 bits per heavy atom. The van der Waals surface area contributed by atoms with Gasteiger partial charge >= 0.3 is 0 Å². The molecule has 0 bridgehead atoms. The smallest absolute Gasteiger partial charge is 0.273 e. The fraction of sp³-hybridized carbons (Fsp3) is 0.333. The van der Waals surface area contributed by atoms with Crippen molar-refractivity contribution in [1.29, 1.82) is 0 Å². The number of methoxy groups -OCH3 is 1. The number of nitro groups is 1. The number of ether oxygens (including phenoxy) is 1. The lowest BCUT2D eigenvalue weighted by molar-refractivity contribution is -0.385. The predicted molar refractivity (Wildman–Crippen MR) is 52.4 cm³/mol. The zero-order valence-electron chi connectivity index (χ0n) is 8.11. The SMILES string of the molecule is CNCc1cc(OC)cc([N+](=O)[O-])c1. The van der Waals surface area contributed by atoms with Crippen LogP contribution in [0.25, 0.3) is 0 Å². The van der Waals surface area contributed by atoms with Gasteiger partial charge in [-0.15, -0.1) is 0 Å². The van der Waals surface area contributed by atoms with Crippen LogP contribution in [-0.4, -0.2) is 19.1 Å². The van der Waals surface area contributed by atoms with Crippen molar-refractivity contribution in [1.82, 2.24) is 5.32 Å². The van der Waals surface area contributed by atoms with Gasteiger partial charge in [-0.1, -0.05) is 0 Å². The molecule has 0 aromatic heterocycles. The van der Waals surface area contributed by atoms with Gasteiger partial charge in [0.1, 0.15) is 5.75 Å². The van der Waals surface area contributed by atoms with Crippen LogP contribution in [0.15, 0.2) is 18.2 Å². The van der Waals surface area contributed by atoms with Gasteiger partial charge in [0.15, 0.2) is 0 Å². The maximum Gasteiger partial charge on any atom is 0.273 e. The third-order valence-corrected chi connectivity index (χ3v) is 1.78. The Morgan fingerprint density at radius 1 is 1.50 bits per heavy atom. The normalized spacial score (nSPS) is 9.86. The second-order valence-electron chi connectivity index (χ2n) is 2.83. The standard InChI is InChI=1S/C9H12N2O3/c1-10-6-7-3-8(11(12)13)5-9(4-7)14-2/h3-5,10H,6H2,1-2H3. The fourth-order valence-electron chi connectivity index (χ4n) is 1.17. The third-order valence-electron chi connectivity index (χ3n) is 1.78. The highest BCUT2D eigenvalue weighted by molar-refractivity contribution is 5.42. The van der Waals surface area contributed by atoms with E-state index in [-0.39, 0.29) is 5.69 Å². The van der Waals surface area contributed by atoms with E-state index in [1.165, 1.54) is 19.2 Å². The first-order valence-corrected chi connectivity index (χ1v) is 4.14. The summed E-state index contributed by atoms with van der Waals surface area (Å²) in [6.45, 7) is 0.581. The molecule has 0 aliphatic rings. The average molecular weight is 196 g/mol. The molecule has 5 nitrogen and oxygen atoms in total. The van der Waals surface area contributed by atoms with Gasteiger partial charge in [-0.2, -0.15) is 0 Å². The number of benzene rings is 1. The van der Waals surface area contributed by atoms with E-state index in [9.17, 15) is 10.1 Å². The van der Waals surface area contributed by atoms with Gasteiger partial charge in [0.2, 0.25) is 0 Å². The summed E-state index contributed by atoms with van der Waals surface area (Å²) in [5.74, 6) is 0.504. The second kappa shape index (κ2) is 4.57. The van der Waals surface area contributed by atoms with Gasteiger partial charge in [0.05, 0.1) is 18.1 Å². The molecular weight excluding hydrogens is 184 g/mol. The molecule has 0 atom stereocenters. The number of rotatable bonds is 4. The molecular formula is C9H12N2O3. The number of hydrogen-bond acceptors (Lipinski definition) is 4. The van der Waals surface area contributed by atoms with Crippen LogP contribution in [-0.2, 0) is 6.54 Å². The van der Waals surface area contributed by atoms with Crippen molar-refractivity contribution in [2.45, 2.75) is 6.54 Å². The van der Waals surface area contributed by atoms with Gasteiger partial charge < -0.3 is 10.1 Å². The van der Waals surface area contributed by atoms with Crippen LogP contribution < -0.4 is 10.1 Å². The van der Waals surface area contributed by atoms with Crippen LogP contribution in [0, 0.1) is 10.1 Å². The number of nitro benzene ring substituents is 1. The molecule has 1 aromatic rings. The van der Waals surface area contributed by atoms with E-state index in [1.807, 2.05) is 0 Å². The lowest BCUT2D eigenvalue weighted by Gasteiger charge is -2.04. The molecule has 0 radical (unpaired) electrons. The van der Waals surface area contributed by atoms with Crippen LogP contribution in [0.5, 0.6) is 5.75 Å². The van der Waals surface area contributed by atoms with E-state index >= 15 is 0 Å². The molecule has 0 aliphatic heterocycles. The summed E-state index contributed by atoms with van der Waals surface area (Å²) in [6, 6.07) is 4.70. The Hall–Kier alpha value is -1.62. The van der Waals surface area contributed by atoms with E-state index in [0.717, 1.165) is 5.56 Å². The molecule has 1 rings (SSSR count). The molecule has 1 N–H and O–H groups in total. The highest BCUT2D eigenvalue weighted by Crippen LogP contribution is 2.22. The molecule has 0 heterocycles. The predicted octanol–water partition coefficient (Wildman–Crippen LogP) is 1.32. The minimum Gasteiger partial charge on any atom is -0.496 e. The Balaban J connectivity index is 3.06. The Bertz CT molecular complexity index is 339. The number of nitrogens with zero attached hydrogens (tertiary/aromatic N) is 1. The molecule has 0 fully saturated rings. The average Bonchev–Trinajstić information content (AvgIpc) is 2.17. The van der Waals surface area contributed by atoms with Crippen molar-refractivity contribution in [3.63, 3.8) is 0 Å². The lowest BCUT2D eigenvalue weighted by Crippen LogP contribution is -2.05.